The molecule has 0 N–H and O–H groups in total. The van der Waals surface area contributed by atoms with Crippen molar-refractivity contribution in [1.82, 2.24) is 5.23 Å². The summed E-state index contributed by atoms with van der Waals surface area (Å²) in [7, 11) is 3.14. The molecule has 2 aromatic carbocycles. The first-order chi connectivity index (χ1) is 13.0. The van der Waals surface area contributed by atoms with Crippen LogP contribution in [0, 0.1) is 0 Å². The molecule has 2 aromatic rings. The van der Waals surface area contributed by atoms with E-state index in [1.54, 1.807) is 69.7 Å². The fourth-order valence-electron chi connectivity index (χ4n) is 2.26. The van der Waals surface area contributed by atoms with Gasteiger partial charge in [-0.15, -0.1) is 12.4 Å². The lowest BCUT2D eigenvalue weighted by Gasteiger charge is -2.18. The van der Waals surface area contributed by atoms with Crippen molar-refractivity contribution in [3.05, 3.63) is 59.7 Å². The zero-order valence-electron chi connectivity index (χ0n) is 16.0. The van der Waals surface area contributed by atoms with Gasteiger partial charge in [0.25, 0.3) is 0 Å². The van der Waals surface area contributed by atoms with Gasteiger partial charge in [-0.05, 0) is 42.3 Å². The number of nitrogens with zero attached hydrogens (tertiary/aromatic N) is 1. The fraction of sp³-hybridized carbons (Fsp3) is 0.300. The van der Waals surface area contributed by atoms with Crippen LogP contribution < -0.4 is 9.47 Å². The van der Waals surface area contributed by atoms with Crippen molar-refractivity contribution in [1.29, 1.82) is 0 Å². The molecule has 0 aromatic heterocycles. The number of hydroxylamine groups is 2. The lowest BCUT2D eigenvalue weighted by Crippen LogP contribution is -2.31. The summed E-state index contributed by atoms with van der Waals surface area (Å²) in [4.78, 5) is 34.3. The molecule has 0 unspecified atom stereocenters. The molecule has 0 aliphatic heterocycles. The second-order valence-electron chi connectivity index (χ2n) is 5.63. The molecular formula is C20H24ClNO6. The van der Waals surface area contributed by atoms with Crippen LogP contribution in [0.25, 0.3) is 0 Å². The first-order valence-electron chi connectivity index (χ1n) is 8.49. The maximum atomic E-state index is 12.0. The molecule has 0 aliphatic rings. The highest BCUT2D eigenvalue weighted by atomic mass is 35.5. The molecule has 0 atom stereocenters. The standard InChI is InChI=1S/C20H23NO6.ClH/c1-4-21(26-19(22)13-15-5-9-17(24-2)10-6-15)27-20(23)14-16-7-11-18(25-3)12-8-16;/h5-12H,4,13-14H2,1-3H3;1H. The minimum absolute atomic E-state index is 0. The van der Waals surface area contributed by atoms with Crippen LogP contribution in [0.4, 0.5) is 0 Å². The van der Waals surface area contributed by atoms with Gasteiger partial charge < -0.3 is 19.1 Å². The van der Waals surface area contributed by atoms with Crippen molar-refractivity contribution >= 4 is 24.3 Å². The van der Waals surface area contributed by atoms with E-state index in [2.05, 4.69) is 0 Å². The van der Waals surface area contributed by atoms with E-state index in [0.29, 0.717) is 11.5 Å². The third-order valence-electron chi connectivity index (χ3n) is 3.68. The molecule has 0 amide bonds. The van der Waals surface area contributed by atoms with Gasteiger partial charge in [-0.1, -0.05) is 24.3 Å². The van der Waals surface area contributed by atoms with Crippen LogP contribution in [0.15, 0.2) is 48.5 Å². The maximum Gasteiger partial charge on any atom is 0.333 e. The van der Waals surface area contributed by atoms with Gasteiger partial charge in [0.05, 0.1) is 33.6 Å². The van der Waals surface area contributed by atoms with Crippen LogP contribution in [0.1, 0.15) is 18.1 Å². The van der Waals surface area contributed by atoms with Crippen LogP contribution in [0.2, 0.25) is 0 Å². The Kier molecular flexibility index (Phi) is 9.84. The minimum atomic E-state index is -0.528. The Labute approximate surface area is 170 Å². The predicted molar refractivity (Wildman–Crippen MR) is 105 cm³/mol. The van der Waals surface area contributed by atoms with Gasteiger partial charge in [0, 0.05) is 5.23 Å². The Bertz CT molecular complexity index is 685. The number of benzene rings is 2. The highest BCUT2D eigenvalue weighted by Gasteiger charge is 2.16. The first-order valence-corrected chi connectivity index (χ1v) is 8.49. The molecule has 0 saturated heterocycles. The van der Waals surface area contributed by atoms with Crippen molar-refractivity contribution in [2.45, 2.75) is 19.8 Å². The highest BCUT2D eigenvalue weighted by molar-refractivity contribution is 5.85. The van der Waals surface area contributed by atoms with Gasteiger partial charge in [-0.2, -0.15) is 0 Å². The Hall–Kier alpha value is -2.77. The SMILES string of the molecule is CCN(OC(=O)Cc1ccc(OC)cc1)OC(=O)Cc1ccc(OC)cc1.Cl. The van der Waals surface area contributed by atoms with E-state index >= 15 is 0 Å². The second-order valence-corrected chi connectivity index (χ2v) is 5.63. The number of carbonyl (C=O) groups excluding carboxylic acids is 2. The van der Waals surface area contributed by atoms with Crippen molar-refractivity contribution < 1.29 is 28.7 Å². The number of hydrogen-bond acceptors (Lipinski definition) is 7. The molecule has 0 radical (unpaired) electrons. The monoisotopic (exact) mass is 409 g/mol. The third kappa shape index (κ3) is 7.46. The molecule has 152 valence electrons. The summed E-state index contributed by atoms with van der Waals surface area (Å²) in [6, 6.07) is 14.1. The average molecular weight is 410 g/mol. The number of hydrogen-bond donors (Lipinski definition) is 0. The van der Waals surface area contributed by atoms with Gasteiger partial charge in [-0.3, -0.25) is 0 Å². The van der Waals surface area contributed by atoms with Gasteiger partial charge in [0.2, 0.25) is 0 Å². The Morgan fingerprint density at radius 2 is 1.11 bits per heavy atom. The molecule has 2 rings (SSSR count). The number of methoxy groups -OCH3 is 2. The molecule has 0 bridgehead atoms. The van der Waals surface area contributed by atoms with Gasteiger partial charge in [0.15, 0.2) is 0 Å². The smallest absolute Gasteiger partial charge is 0.333 e. The highest BCUT2D eigenvalue weighted by Crippen LogP contribution is 2.13. The van der Waals surface area contributed by atoms with E-state index in [9.17, 15) is 9.59 Å². The summed E-state index contributed by atoms with van der Waals surface area (Å²) in [6.45, 7) is 1.92. The van der Waals surface area contributed by atoms with Crippen molar-refractivity contribution in [2.75, 3.05) is 20.8 Å². The van der Waals surface area contributed by atoms with Crippen LogP contribution in [0.3, 0.4) is 0 Å². The van der Waals surface area contributed by atoms with Gasteiger partial charge in [0.1, 0.15) is 11.5 Å². The van der Waals surface area contributed by atoms with Crippen molar-refractivity contribution in [2.24, 2.45) is 0 Å². The predicted octanol–water partition coefficient (Wildman–Crippen LogP) is 3.15. The minimum Gasteiger partial charge on any atom is -0.497 e. The average Bonchev–Trinajstić information content (AvgIpc) is 2.68. The molecule has 8 heteroatoms. The van der Waals surface area contributed by atoms with Crippen LogP contribution in [0.5, 0.6) is 11.5 Å². The van der Waals surface area contributed by atoms with Crippen molar-refractivity contribution in [3.8, 4) is 11.5 Å². The summed E-state index contributed by atoms with van der Waals surface area (Å²) in [5, 5.41) is 0.887. The normalized spacial score (nSPS) is 10.0. The summed E-state index contributed by atoms with van der Waals surface area (Å²) in [6.07, 6.45) is 0.104. The first kappa shape index (κ1) is 23.3. The number of halogens is 1. The van der Waals surface area contributed by atoms with Crippen molar-refractivity contribution in [3.63, 3.8) is 0 Å². The largest absolute Gasteiger partial charge is 0.497 e. The van der Waals surface area contributed by atoms with E-state index in [0.717, 1.165) is 16.4 Å². The van der Waals surface area contributed by atoms with E-state index < -0.39 is 11.9 Å². The van der Waals surface area contributed by atoms with E-state index in [4.69, 9.17) is 19.1 Å². The maximum absolute atomic E-state index is 12.0. The molecule has 0 aliphatic carbocycles. The zero-order valence-corrected chi connectivity index (χ0v) is 16.9. The molecule has 0 spiro atoms. The van der Waals surface area contributed by atoms with E-state index in [1.165, 1.54) is 0 Å². The Morgan fingerprint density at radius 3 is 1.39 bits per heavy atom. The van der Waals surface area contributed by atoms with Crippen LogP contribution in [-0.4, -0.2) is 37.9 Å². The van der Waals surface area contributed by atoms with E-state index in [1.807, 2.05) is 0 Å². The van der Waals surface area contributed by atoms with Gasteiger partial charge >= 0.3 is 11.9 Å². The lowest BCUT2D eigenvalue weighted by atomic mass is 10.1. The topological polar surface area (TPSA) is 74.3 Å². The lowest BCUT2D eigenvalue weighted by molar-refractivity contribution is -0.322. The summed E-state index contributed by atoms with van der Waals surface area (Å²) in [5.74, 6) is 0.350. The summed E-state index contributed by atoms with van der Waals surface area (Å²) < 4.78 is 10.1. The Balaban J connectivity index is 0.00000392. The summed E-state index contributed by atoms with van der Waals surface area (Å²) in [5.41, 5.74) is 1.53. The van der Waals surface area contributed by atoms with Gasteiger partial charge in [-0.25, -0.2) is 9.59 Å². The number of carbonyl (C=O) groups is 2. The van der Waals surface area contributed by atoms with E-state index in [-0.39, 0.29) is 31.8 Å². The molecule has 7 nitrogen and oxygen atoms in total. The third-order valence-corrected chi connectivity index (χ3v) is 3.68. The fourth-order valence-corrected chi connectivity index (χ4v) is 2.26. The number of rotatable bonds is 9. The molecule has 28 heavy (non-hydrogen) atoms. The van der Waals surface area contributed by atoms with Crippen LogP contribution >= 0.6 is 12.4 Å². The summed E-state index contributed by atoms with van der Waals surface area (Å²) >= 11 is 0. The number of ether oxygens (including phenoxy) is 2. The Morgan fingerprint density at radius 1 is 0.750 bits per heavy atom. The quantitative estimate of drug-likeness (QED) is 0.589. The zero-order chi connectivity index (χ0) is 19.6. The molecular weight excluding hydrogens is 386 g/mol. The molecule has 0 heterocycles. The van der Waals surface area contributed by atoms with Crippen LogP contribution in [-0.2, 0) is 32.1 Å². The molecule has 0 fully saturated rings. The molecule has 0 saturated carbocycles. The second kappa shape index (κ2) is 11.8.